The van der Waals surface area contributed by atoms with Crippen LogP contribution in [0.3, 0.4) is 0 Å². The molecule has 1 aliphatic rings. The Balaban J connectivity index is 1.99. The van der Waals surface area contributed by atoms with Gasteiger partial charge in [-0.25, -0.2) is 4.98 Å². The molecule has 2 rings (SSSR count). The maximum atomic E-state index is 11.7. The highest BCUT2D eigenvalue weighted by Gasteiger charge is 2.21. The number of hydrogen-bond acceptors (Lipinski definition) is 5. The number of hydrogen-bond donors (Lipinski definition) is 2. The Bertz CT molecular complexity index is 509. The van der Waals surface area contributed by atoms with Crippen LogP contribution in [0.2, 0.25) is 0 Å². The first kappa shape index (κ1) is 13.9. The molecule has 0 aromatic carbocycles. The number of anilines is 1. The number of aromatic amines is 1. The number of rotatable bonds is 3. The number of thiol groups is 1. The second-order valence-corrected chi connectivity index (χ2v) is 5.00. The lowest BCUT2D eigenvalue weighted by molar-refractivity contribution is -0.131. The van der Waals surface area contributed by atoms with Crippen molar-refractivity contribution in [3.8, 4) is 0 Å². The van der Waals surface area contributed by atoms with Crippen molar-refractivity contribution >= 4 is 24.5 Å². The van der Waals surface area contributed by atoms with E-state index >= 15 is 0 Å². The van der Waals surface area contributed by atoms with E-state index in [0.29, 0.717) is 50.0 Å². The van der Waals surface area contributed by atoms with Crippen molar-refractivity contribution in [1.82, 2.24) is 14.9 Å². The second kappa shape index (κ2) is 6.10. The first-order valence-corrected chi connectivity index (χ1v) is 6.95. The van der Waals surface area contributed by atoms with E-state index < -0.39 is 0 Å². The molecular weight excluding hydrogens is 264 g/mol. The minimum atomic E-state index is -0.143. The smallest absolute Gasteiger partial charge is 0.252 e. The zero-order chi connectivity index (χ0) is 13.8. The molecule has 0 aliphatic carbocycles. The Kier molecular flexibility index (Phi) is 4.47. The van der Waals surface area contributed by atoms with Crippen LogP contribution in [0.5, 0.6) is 0 Å². The number of piperazine rings is 1. The predicted octanol–water partition coefficient (Wildman–Crippen LogP) is 0.0468. The van der Waals surface area contributed by atoms with E-state index in [1.54, 1.807) is 6.92 Å². The maximum Gasteiger partial charge on any atom is 0.252 e. The SMILES string of the molecule is Cc1cc(=O)[nH]c(N2CCN(C(=O)CCS)CC2)n1. The van der Waals surface area contributed by atoms with Gasteiger partial charge in [-0.05, 0) is 12.7 Å². The molecule has 0 spiro atoms. The summed E-state index contributed by atoms with van der Waals surface area (Å²) >= 11 is 4.07. The molecule has 0 unspecified atom stereocenters. The molecule has 0 saturated carbocycles. The molecular formula is C12H18N4O2S. The van der Waals surface area contributed by atoms with Crippen LogP contribution in [0.4, 0.5) is 5.95 Å². The van der Waals surface area contributed by atoms with Gasteiger partial charge in [0.2, 0.25) is 11.9 Å². The van der Waals surface area contributed by atoms with Crippen LogP contribution in [-0.4, -0.2) is 52.7 Å². The van der Waals surface area contributed by atoms with E-state index in [4.69, 9.17) is 0 Å². The number of nitrogens with one attached hydrogen (secondary N) is 1. The molecule has 0 atom stereocenters. The van der Waals surface area contributed by atoms with Gasteiger partial charge in [0.25, 0.3) is 5.56 Å². The number of nitrogens with zero attached hydrogens (tertiary/aromatic N) is 3. The van der Waals surface area contributed by atoms with Crippen molar-refractivity contribution in [3.63, 3.8) is 0 Å². The second-order valence-electron chi connectivity index (χ2n) is 4.55. The topological polar surface area (TPSA) is 69.3 Å². The summed E-state index contributed by atoms with van der Waals surface area (Å²) in [7, 11) is 0. The minimum absolute atomic E-state index is 0.139. The first-order chi connectivity index (χ1) is 9.10. The van der Waals surface area contributed by atoms with Crippen molar-refractivity contribution < 1.29 is 4.79 Å². The summed E-state index contributed by atoms with van der Waals surface area (Å²) in [5.74, 6) is 1.30. The molecule has 1 N–H and O–H groups in total. The fourth-order valence-corrected chi connectivity index (χ4v) is 2.33. The van der Waals surface area contributed by atoms with Crippen molar-refractivity contribution in [2.75, 3.05) is 36.8 Å². The highest BCUT2D eigenvalue weighted by Crippen LogP contribution is 2.10. The van der Waals surface area contributed by atoms with Gasteiger partial charge in [0.15, 0.2) is 0 Å². The first-order valence-electron chi connectivity index (χ1n) is 6.31. The van der Waals surface area contributed by atoms with Gasteiger partial charge in [0, 0.05) is 44.4 Å². The molecule has 1 amide bonds. The van der Waals surface area contributed by atoms with Crippen LogP contribution in [0.25, 0.3) is 0 Å². The molecule has 1 aromatic rings. The van der Waals surface area contributed by atoms with Gasteiger partial charge in [-0.15, -0.1) is 0 Å². The lowest BCUT2D eigenvalue weighted by Gasteiger charge is -2.35. The van der Waals surface area contributed by atoms with E-state index in [9.17, 15) is 9.59 Å². The number of carbonyl (C=O) groups excluding carboxylic acids is 1. The summed E-state index contributed by atoms with van der Waals surface area (Å²) in [6, 6.07) is 1.47. The molecule has 6 nitrogen and oxygen atoms in total. The Labute approximate surface area is 117 Å². The molecule has 7 heteroatoms. The fourth-order valence-electron chi connectivity index (χ4n) is 2.13. The van der Waals surface area contributed by atoms with Crippen LogP contribution < -0.4 is 10.5 Å². The van der Waals surface area contributed by atoms with Crippen LogP contribution in [0.1, 0.15) is 12.1 Å². The van der Waals surface area contributed by atoms with Crippen LogP contribution in [0.15, 0.2) is 10.9 Å². The number of H-pyrrole nitrogens is 1. The van der Waals surface area contributed by atoms with E-state index in [2.05, 4.69) is 22.6 Å². The maximum absolute atomic E-state index is 11.7. The van der Waals surface area contributed by atoms with E-state index in [-0.39, 0.29) is 11.5 Å². The van der Waals surface area contributed by atoms with E-state index in [0.717, 1.165) is 0 Å². The van der Waals surface area contributed by atoms with Gasteiger partial charge in [0.05, 0.1) is 0 Å². The lowest BCUT2D eigenvalue weighted by Crippen LogP contribution is -2.49. The van der Waals surface area contributed by atoms with Gasteiger partial charge in [-0.1, -0.05) is 0 Å². The molecule has 1 aromatic heterocycles. The highest BCUT2D eigenvalue weighted by atomic mass is 32.1. The average molecular weight is 282 g/mol. The fraction of sp³-hybridized carbons (Fsp3) is 0.583. The number of aromatic nitrogens is 2. The standard InChI is InChI=1S/C12H18N4O2S/c1-9-8-10(17)14-12(13-9)16-5-3-15(4-6-16)11(18)2-7-19/h8,19H,2-7H2,1H3,(H,13,14,17). The van der Waals surface area contributed by atoms with Crippen molar-refractivity contribution in [1.29, 1.82) is 0 Å². The van der Waals surface area contributed by atoms with Crippen LogP contribution in [-0.2, 0) is 4.79 Å². The third-order valence-electron chi connectivity index (χ3n) is 3.11. The summed E-state index contributed by atoms with van der Waals surface area (Å²) in [6.45, 7) is 4.48. The Hall–Kier alpha value is -1.50. The summed E-state index contributed by atoms with van der Waals surface area (Å²) in [5.41, 5.74) is 0.559. The quantitative estimate of drug-likeness (QED) is 0.769. The number of carbonyl (C=O) groups is 1. The zero-order valence-corrected chi connectivity index (χ0v) is 11.8. The highest BCUT2D eigenvalue weighted by molar-refractivity contribution is 7.80. The zero-order valence-electron chi connectivity index (χ0n) is 10.9. The van der Waals surface area contributed by atoms with Crippen LogP contribution >= 0.6 is 12.6 Å². The van der Waals surface area contributed by atoms with Gasteiger partial charge in [0.1, 0.15) is 0 Å². The van der Waals surface area contributed by atoms with Crippen LogP contribution in [0, 0.1) is 6.92 Å². The predicted molar refractivity (Wildman–Crippen MR) is 76.9 cm³/mol. The third kappa shape index (κ3) is 3.50. The monoisotopic (exact) mass is 282 g/mol. The minimum Gasteiger partial charge on any atom is -0.339 e. The van der Waals surface area contributed by atoms with Gasteiger partial charge in [-0.3, -0.25) is 14.6 Å². The largest absolute Gasteiger partial charge is 0.339 e. The summed E-state index contributed by atoms with van der Waals surface area (Å²) in [4.78, 5) is 34.0. The Morgan fingerprint density at radius 3 is 2.68 bits per heavy atom. The molecule has 2 heterocycles. The van der Waals surface area contributed by atoms with E-state index in [1.807, 2.05) is 9.80 Å². The number of amides is 1. The Morgan fingerprint density at radius 2 is 2.11 bits per heavy atom. The lowest BCUT2D eigenvalue weighted by atomic mass is 10.3. The van der Waals surface area contributed by atoms with E-state index in [1.165, 1.54) is 6.07 Å². The third-order valence-corrected chi connectivity index (χ3v) is 3.34. The summed E-state index contributed by atoms with van der Waals surface area (Å²) < 4.78 is 0. The molecule has 0 radical (unpaired) electrons. The molecule has 104 valence electrons. The molecule has 1 aliphatic heterocycles. The van der Waals surface area contributed by atoms with Crippen molar-refractivity contribution in [3.05, 3.63) is 22.1 Å². The molecule has 19 heavy (non-hydrogen) atoms. The number of aryl methyl sites for hydroxylation is 1. The summed E-state index contributed by atoms with van der Waals surface area (Å²) in [6.07, 6.45) is 0.475. The normalized spacial score (nSPS) is 15.7. The van der Waals surface area contributed by atoms with Crippen molar-refractivity contribution in [2.45, 2.75) is 13.3 Å². The molecule has 0 bridgehead atoms. The van der Waals surface area contributed by atoms with Gasteiger partial charge in [-0.2, -0.15) is 12.6 Å². The average Bonchev–Trinajstić information content (AvgIpc) is 2.38. The Morgan fingerprint density at radius 1 is 1.42 bits per heavy atom. The molecule has 1 saturated heterocycles. The van der Waals surface area contributed by atoms with Crippen molar-refractivity contribution in [2.24, 2.45) is 0 Å². The van der Waals surface area contributed by atoms with Gasteiger partial charge < -0.3 is 9.80 Å². The summed E-state index contributed by atoms with van der Waals surface area (Å²) in [5, 5.41) is 0. The molecule has 1 fully saturated rings. The van der Waals surface area contributed by atoms with Gasteiger partial charge >= 0.3 is 0 Å².